The van der Waals surface area contributed by atoms with Crippen LogP contribution in [-0.4, -0.2) is 17.0 Å². The van der Waals surface area contributed by atoms with Crippen LogP contribution in [0.3, 0.4) is 0 Å². The first-order valence-corrected chi connectivity index (χ1v) is 3.97. The van der Waals surface area contributed by atoms with E-state index in [2.05, 4.69) is 12.3 Å². The summed E-state index contributed by atoms with van der Waals surface area (Å²) in [5, 5.41) is 9.50. The van der Waals surface area contributed by atoms with Crippen LogP contribution in [0.2, 0.25) is 0 Å². The highest BCUT2D eigenvalue weighted by Gasteiger charge is 2.22. The molecule has 2 nitrogen and oxygen atoms in total. The largest absolute Gasteiger partial charge is 0.392 e. The lowest BCUT2D eigenvalue weighted by atomic mass is 9.99. The highest BCUT2D eigenvalue weighted by atomic mass is 16.3. The van der Waals surface area contributed by atoms with Gasteiger partial charge in [-0.25, -0.2) is 0 Å². The summed E-state index contributed by atoms with van der Waals surface area (Å²) in [6, 6.07) is 0. The lowest BCUT2D eigenvalue weighted by molar-refractivity contribution is -0.115. The van der Waals surface area contributed by atoms with E-state index in [1.54, 1.807) is 12.2 Å². The van der Waals surface area contributed by atoms with E-state index in [0.29, 0.717) is 12.8 Å². The van der Waals surface area contributed by atoms with Crippen molar-refractivity contribution < 1.29 is 9.90 Å². The van der Waals surface area contributed by atoms with Gasteiger partial charge in [-0.15, -0.1) is 5.73 Å². The lowest BCUT2D eigenvalue weighted by Crippen LogP contribution is -2.16. The molecule has 0 aliphatic heterocycles. The van der Waals surface area contributed by atoms with Gasteiger partial charge in [-0.2, -0.15) is 0 Å². The monoisotopic (exact) mass is 164 g/mol. The quantitative estimate of drug-likeness (QED) is 0.637. The summed E-state index contributed by atoms with van der Waals surface area (Å²) in [4.78, 5) is 10.8. The van der Waals surface area contributed by atoms with Gasteiger partial charge in [-0.05, 0) is 18.6 Å². The predicted octanol–water partition coefficient (Wildman–Crippen LogP) is 1.22. The molecule has 2 heteroatoms. The second kappa shape index (κ2) is 4.05. The first kappa shape index (κ1) is 8.98. The Balaban J connectivity index is 2.43. The standard InChI is InChI=1S/C10H12O2/c1-2-3-4-10(12)8-5-6-9(11)7-8/h3,5-6,8,10,12H,1,4,7H2/t8-,10+/m0/s1. The third-order valence-corrected chi connectivity index (χ3v) is 1.96. The molecular formula is C10H12O2. The minimum atomic E-state index is -0.470. The van der Waals surface area contributed by atoms with Crippen LogP contribution >= 0.6 is 0 Å². The molecule has 0 amide bonds. The van der Waals surface area contributed by atoms with E-state index in [1.165, 1.54) is 6.08 Å². The summed E-state index contributed by atoms with van der Waals surface area (Å²) in [7, 11) is 0. The molecule has 0 aromatic rings. The average molecular weight is 164 g/mol. The number of allylic oxidation sites excluding steroid dienone is 1. The zero-order valence-corrected chi connectivity index (χ0v) is 6.86. The third-order valence-electron chi connectivity index (χ3n) is 1.96. The highest BCUT2D eigenvalue weighted by Crippen LogP contribution is 2.20. The van der Waals surface area contributed by atoms with Gasteiger partial charge in [-0.3, -0.25) is 4.79 Å². The second-order valence-electron chi connectivity index (χ2n) is 2.90. The van der Waals surface area contributed by atoms with Gasteiger partial charge >= 0.3 is 0 Å². The Bertz CT molecular complexity index is 247. The van der Waals surface area contributed by atoms with Gasteiger partial charge in [0.2, 0.25) is 0 Å². The topological polar surface area (TPSA) is 37.3 Å². The third kappa shape index (κ3) is 2.19. The molecule has 0 aromatic heterocycles. The molecule has 1 N–H and O–H groups in total. The van der Waals surface area contributed by atoms with Crippen LogP contribution in [0.25, 0.3) is 0 Å². The van der Waals surface area contributed by atoms with Gasteiger partial charge < -0.3 is 5.11 Å². The molecule has 0 saturated carbocycles. The van der Waals surface area contributed by atoms with Crippen LogP contribution in [0.1, 0.15) is 12.8 Å². The zero-order chi connectivity index (χ0) is 8.97. The second-order valence-corrected chi connectivity index (χ2v) is 2.90. The maximum absolute atomic E-state index is 10.8. The van der Waals surface area contributed by atoms with Crippen molar-refractivity contribution in [2.75, 3.05) is 0 Å². The Kier molecular flexibility index (Phi) is 3.03. The van der Waals surface area contributed by atoms with Crippen molar-refractivity contribution in [3.63, 3.8) is 0 Å². The molecule has 0 aromatic carbocycles. The van der Waals surface area contributed by atoms with Crippen LogP contribution in [0.4, 0.5) is 0 Å². The van der Waals surface area contributed by atoms with E-state index in [-0.39, 0.29) is 11.7 Å². The molecule has 0 spiro atoms. The maximum atomic E-state index is 10.8. The van der Waals surface area contributed by atoms with Gasteiger partial charge in [0.15, 0.2) is 5.78 Å². The molecule has 1 aliphatic rings. The molecular weight excluding hydrogens is 152 g/mol. The van der Waals surface area contributed by atoms with Crippen molar-refractivity contribution in [1.29, 1.82) is 0 Å². The summed E-state index contributed by atoms with van der Waals surface area (Å²) >= 11 is 0. The van der Waals surface area contributed by atoms with E-state index in [0.717, 1.165) is 0 Å². The highest BCUT2D eigenvalue weighted by molar-refractivity contribution is 5.92. The van der Waals surface area contributed by atoms with E-state index in [1.807, 2.05) is 0 Å². The minimum absolute atomic E-state index is 0.0119. The van der Waals surface area contributed by atoms with E-state index in [9.17, 15) is 9.90 Å². The molecule has 0 bridgehead atoms. The average Bonchev–Trinajstić information content (AvgIpc) is 2.47. The Morgan fingerprint density at radius 2 is 2.67 bits per heavy atom. The Morgan fingerprint density at radius 1 is 1.92 bits per heavy atom. The predicted molar refractivity (Wildman–Crippen MR) is 46.6 cm³/mol. The fourth-order valence-corrected chi connectivity index (χ4v) is 1.24. The summed E-state index contributed by atoms with van der Waals surface area (Å²) < 4.78 is 0. The van der Waals surface area contributed by atoms with Crippen LogP contribution < -0.4 is 0 Å². The molecule has 0 saturated heterocycles. The minimum Gasteiger partial charge on any atom is -0.392 e. The molecule has 0 fully saturated rings. The number of carbonyl (C=O) groups excluding carboxylic acids is 1. The molecule has 0 heterocycles. The summed E-state index contributed by atoms with van der Waals surface area (Å²) in [5.41, 5.74) is 2.59. The number of aliphatic hydroxyl groups excluding tert-OH is 1. The zero-order valence-electron chi connectivity index (χ0n) is 6.86. The molecule has 64 valence electrons. The first-order chi connectivity index (χ1) is 5.74. The van der Waals surface area contributed by atoms with Crippen molar-refractivity contribution in [2.24, 2.45) is 5.92 Å². The molecule has 0 unspecified atom stereocenters. The number of aliphatic hydroxyl groups is 1. The van der Waals surface area contributed by atoms with Crippen molar-refractivity contribution in [1.82, 2.24) is 0 Å². The van der Waals surface area contributed by atoms with E-state index >= 15 is 0 Å². The Labute approximate surface area is 71.9 Å². The van der Waals surface area contributed by atoms with Crippen LogP contribution in [0.15, 0.2) is 30.5 Å². The summed E-state index contributed by atoms with van der Waals surface area (Å²) in [5.74, 6) is 0.0868. The molecule has 2 atom stereocenters. The van der Waals surface area contributed by atoms with Gasteiger partial charge in [0.05, 0.1) is 6.10 Å². The number of carbonyl (C=O) groups is 1. The molecule has 12 heavy (non-hydrogen) atoms. The Hall–Kier alpha value is -1.11. The first-order valence-electron chi connectivity index (χ1n) is 3.97. The number of hydrogen-bond acceptors (Lipinski definition) is 2. The van der Waals surface area contributed by atoms with Gasteiger partial charge in [-0.1, -0.05) is 12.7 Å². The lowest BCUT2D eigenvalue weighted by Gasteiger charge is -2.12. The number of rotatable bonds is 3. The van der Waals surface area contributed by atoms with Gasteiger partial charge in [0.25, 0.3) is 0 Å². The number of hydrogen-bond donors (Lipinski definition) is 1. The Morgan fingerprint density at radius 3 is 3.17 bits per heavy atom. The normalized spacial score (nSPS) is 23.8. The van der Waals surface area contributed by atoms with E-state index < -0.39 is 6.10 Å². The van der Waals surface area contributed by atoms with Crippen LogP contribution in [0.5, 0.6) is 0 Å². The summed E-state index contributed by atoms with van der Waals surface area (Å²) in [6.45, 7) is 3.40. The van der Waals surface area contributed by atoms with Crippen LogP contribution in [-0.2, 0) is 4.79 Å². The summed E-state index contributed by atoms with van der Waals surface area (Å²) in [6.07, 6.45) is 5.47. The van der Waals surface area contributed by atoms with Crippen molar-refractivity contribution in [3.8, 4) is 0 Å². The van der Waals surface area contributed by atoms with Crippen molar-refractivity contribution in [2.45, 2.75) is 18.9 Å². The maximum Gasteiger partial charge on any atom is 0.156 e. The fraction of sp³-hybridized carbons (Fsp3) is 0.400. The fourth-order valence-electron chi connectivity index (χ4n) is 1.24. The smallest absolute Gasteiger partial charge is 0.156 e. The van der Waals surface area contributed by atoms with Crippen molar-refractivity contribution >= 4 is 5.78 Å². The molecule has 0 radical (unpaired) electrons. The van der Waals surface area contributed by atoms with Crippen molar-refractivity contribution in [3.05, 3.63) is 30.5 Å². The molecule has 1 aliphatic carbocycles. The van der Waals surface area contributed by atoms with Gasteiger partial charge in [0.1, 0.15) is 0 Å². The molecule has 1 rings (SSSR count). The SMILES string of the molecule is C=C=CC[C@@H](O)[C@H]1C=CC(=O)C1. The van der Waals surface area contributed by atoms with Gasteiger partial charge in [0, 0.05) is 12.3 Å². The van der Waals surface area contributed by atoms with Crippen LogP contribution in [0, 0.1) is 5.92 Å². The van der Waals surface area contributed by atoms with E-state index in [4.69, 9.17) is 0 Å². The number of ketones is 1.